The Morgan fingerprint density at radius 1 is 1.53 bits per heavy atom. The zero-order valence-electron chi connectivity index (χ0n) is 10.2. The smallest absolute Gasteiger partial charge is 0.254 e. The van der Waals surface area contributed by atoms with Crippen LogP contribution in [0.2, 0.25) is 0 Å². The maximum absolute atomic E-state index is 13.7. The van der Waals surface area contributed by atoms with Crippen molar-refractivity contribution in [1.82, 2.24) is 20.1 Å². The highest BCUT2D eigenvalue weighted by Crippen LogP contribution is 2.18. The van der Waals surface area contributed by atoms with E-state index in [9.17, 15) is 9.18 Å². The second kappa shape index (κ2) is 5.92. The summed E-state index contributed by atoms with van der Waals surface area (Å²) in [6, 6.07) is 4.60. The maximum Gasteiger partial charge on any atom is 0.254 e. The largest absolute Gasteiger partial charge is 0.351 e. The number of nitrogens with zero attached hydrogens (tertiary/aromatic N) is 3. The molecular weight excluding hydrogens is 315 g/mol. The molecule has 1 amide bonds. The third-order valence-corrected chi connectivity index (χ3v) is 3.09. The highest BCUT2D eigenvalue weighted by atomic mass is 79.9. The molecule has 1 aromatic heterocycles. The van der Waals surface area contributed by atoms with Gasteiger partial charge in [-0.2, -0.15) is 5.10 Å². The first-order chi connectivity index (χ1) is 9.08. The molecule has 0 saturated heterocycles. The second-order valence-electron chi connectivity index (χ2n) is 3.94. The molecule has 5 nitrogen and oxygen atoms in total. The molecule has 7 heteroatoms. The van der Waals surface area contributed by atoms with Crippen molar-refractivity contribution in [3.8, 4) is 0 Å². The zero-order valence-corrected chi connectivity index (χ0v) is 11.8. The normalized spacial score (nSPS) is 10.5. The zero-order chi connectivity index (χ0) is 13.8. The van der Waals surface area contributed by atoms with Crippen LogP contribution in [-0.2, 0) is 13.5 Å². The average molecular weight is 327 g/mol. The van der Waals surface area contributed by atoms with Crippen LogP contribution in [-0.4, -0.2) is 27.2 Å². The molecule has 1 heterocycles. The highest BCUT2D eigenvalue weighted by molar-refractivity contribution is 9.10. The van der Waals surface area contributed by atoms with E-state index < -0.39 is 11.7 Å². The lowest BCUT2D eigenvalue weighted by Gasteiger charge is -2.05. The fourth-order valence-corrected chi connectivity index (χ4v) is 1.93. The van der Waals surface area contributed by atoms with Gasteiger partial charge in [0.05, 0.1) is 10.0 Å². The van der Waals surface area contributed by atoms with Gasteiger partial charge in [-0.1, -0.05) is 6.07 Å². The van der Waals surface area contributed by atoms with E-state index >= 15 is 0 Å². The van der Waals surface area contributed by atoms with Crippen molar-refractivity contribution in [2.75, 3.05) is 6.54 Å². The van der Waals surface area contributed by atoms with E-state index in [-0.39, 0.29) is 10.0 Å². The van der Waals surface area contributed by atoms with Crippen molar-refractivity contribution in [2.45, 2.75) is 6.42 Å². The SMILES string of the molecule is Cn1cnc(CCNC(=O)c2cccc(Br)c2F)n1. The quantitative estimate of drug-likeness (QED) is 0.930. The van der Waals surface area contributed by atoms with Crippen molar-refractivity contribution < 1.29 is 9.18 Å². The van der Waals surface area contributed by atoms with Crippen LogP contribution in [0.4, 0.5) is 4.39 Å². The Kier molecular flexibility index (Phi) is 4.26. The standard InChI is InChI=1S/C12H12BrFN4O/c1-18-7-16-10(17-18)5-6-15-12(19)8-3-2-4-9(13)11(8)14/h2-4,7H,5-6H2,1H3,(H,15,19). The number of aromatic nitrogens is 3. The Morgan fingerprint density at radius 3 is 3.00 bits per heavy atom. The Bertz CT molecular complexity index is 599. The Morgan fingerprint density at radius 2 is 2.32 bits per heavy atom. The summed E-state index contributed by atoms with van der Waals surface area (Å²) in [6.07, 6.45) is 2.09. The highest BCUT2D eigenvalue weighted by Gasteiger charge is 2.13. The minimum Gasteiger partial charge on any atom is -0.351 e. The first kappa shape index (κ1) is 13.7. The van der Waals surface area contributed by atoms with Gasteiger partial charge in [0.15, 0.2) is 5.82 Å². The molecule has 0 aliphatic heterocycles. The Hall–Kier alpha value is -1.76. The lowest BCUT2D eigenvalue weighted by Crippen LogP contribution is -2.26. The molecule has 0 spiro atoms. The summed E-state index contributed by atoms with van der Waals surface area (Å²) >= 11 is 3.04. The van der Waals surface area contributed by atoms with Gasteiger partial charge in [-0.05, 0) is 28.1 Å². The van der Waals surface area contributed by atoms with Crippen molar-refractivity contribution >= 4 is 21.8 Å². The van der Waals surface area contributed by atoms with Crippen LogP contribution in [0.5, 0.6) is 0 Å². The molecule has 0 bridgehead atoms. The van der Waals surface area contributed by atoms with Gasteiger partial charge in [0.2, 0.25) is 0 Å². The summed E-state index contributed by atoms with van der Waals surface area (Å²) < 4.78 is 15.5. The van der Waals surface area contributed by atoms with Gasteiger partial charge < -0.3 is 5.32 Å². The van der Waals surface area contributed by atoms with Crippen LogP contribution in [0.25, 0.3) is 0 Å². The van der Waals surface area contributed by atoms with E-state index in [1.165, 1.54) is 6.07 Å². The summed E-state index contributed by atoms with van der Waals surface area (Å²) in [5, 5.41) is 6.72. The average Bonchev–Trinajstić information content (AvgIpc) is 2.78. The first-order valence-corrected chi connectivity index (χ1v) is 6.44. The number of hydrogen-bond acceptors (Lipinski definition) is 3. The number of nitrogens with one attached hydrogen (secondary N) is 1. The number of benzene rings is 1. The van der Waals surface area contributed by atoms with Gasteiger partial charge in [-0.3, -0.25) is 9.48 Å². The van der Waals surface area contributed by atoms with Crippen LogP contribution in [0, 0.1) is 5.82 Å². The number of hydrogen-bond donors (Lipinski definition) is 1. The van der Waals surface area contributed by atoms with E-state index in [4.69, 9.17) is 0 Å². The number of halogens is 2. The van der Waals surface area contributed by atoms with Crippen LogP contribution in [0.15, 0.2) is 29.0 Å². The number of carbonyl (C=O) groups excluding carboxylic acids is 1. The van der Waals surface area contributed by atoms with Crippen molar-refractivity contribution in [3.63, 3.8) is 0 Å². The summed E-state index contributed by atoms with van der Waals surface area (Å²) in [4.78, 5) is 15.8. The minimum absolute atomic E-state index is 0.0170. The lowest BCUT2D eigenvalue weighted by atomic mass is 10.2. The molecule has 2 aromatic rings. The molecule has 0 aliphatic rings. The van der Waals surface area contributed by atoms with Crippen molar-refractivity contribution in [2.24, 2.45) is 7.05 Å². The molecule has 0 unspecified atom stereocenters. The lowest BCUT2D eigenvalue weighted by molar-refractivity contribution is 0.0950. The Balaban J connectivity index is 1.93. The fraction of sp³-hybridized carbons (Fsp3) is 0.250. The summed E-state index contributed by atoms with van der Waals surface area (Å²) in [6.45, 7) is 0.356. The Labute approximate surface area is 118 Å². The van der Waals surface area contributed by atoms with Crippen molar-refractivity contribution in [1.29, 1.82) is 0 Å². The molecule has 0 fully saturated rings. The molecular formula is C12H12BrFN4O. The molecule has 0 saturated carbocycles. The monoisotopic (exact) mass is 326 g/mol. The summed E-state index contributed by atoms with van der Waals surface area (Å²) in [5.41, 5.74) is 0.0170. The number of aryl methyl sites for hydroxylation is 1. The van der Waals surface area contributed by atoms with Gasteiger partial charge in [-0.15, -0.1) is 0 Å². The van der Waals surface area contributed by atoms with Gasteiger partial charge in [-0.25, -0.2) is 9.37 Å². The molecule has 0 radical (unpaired) electrons. The third-order valence-electron chi connectivity index (χ3n) is 2.48. The van der Waals surface area contributed by atoms with Crippen molar-refractivity contribution in [3.05, 3.63) is 46.2 Å². The van der Waals surface area contributed by atoms with E-state index in [0.29, 0.717) is 18.8 Å². The van der Waals surface area contributed by atoms with E-state index in [2.05, 4.69) is 31.3 Å². The van der Waals surface area contributed by atoms with Gasteiger partial charge >= 0.3 is 0 Å². The molecule has 1 aromatic carbocycles. The molecule has 0 atom stereocenters. The summed E-state index contributed by atoms with van der Waals surface area (Å²) in [5.74, 6) is -0.372. The molecule has 2 rings (SSSR count). The van der Waals surface area contributed by atoms with E-state index in [1.54, 1.807) is 30.2 Å². The third kappa shape index (κ3) is 3.37. The van der Waals surface area contributed by atoms with Gasteiger partial charge in [0.25, 0.3) is 5.91 Å². The van der Waals surface area contributed by atoms with Crippen LogP contribution >= 0.6 is 15.9 Å². The second-order valence-corrected chi connectivity index (χ2v) is 4.80. The predicted octanol–water partition coefficient (Wildman–Crippen LogP) is 1.69. The first-order valence-electron chi connectivity index (χ1n) is 5.64. The van der Waals surface area contributed by atoms with E-state index in [1.807, 2.05) is 0 Å². The van der Waals surface area contributed by atoms with Gasteiger partial charge in [0.1, 0.15) is 12.1 Å². The topological polar surface area (TPSA) is 59.8 Å². The number of rotatable bonds is 4. The minimum atomic E-state index is -0.559. The molecule has 1 N–H and O–H groups in total. The molecule has 19 heavy (non-hydrogen) atoms. The molecule has 0 aliphatic carbocycles. The molecule has 100 valence electrons. The fourth-order valence-electron chi connectivity index (χ4n) is 1.56. The summed E-state index contributed by atoms with van der Waals surface area (Å²) in [7, 11) is 1.77. The number of amides is 1. The van der Waals surface area contributed by atoms with Crippen LogP contribution in [0.3, 0.4) is 0 Å². The van der Waals surface area contributed by atoms with Gasteiger partial charge in [0, 0.05) is 20.0 Å². The maximum atomic E-state index is 13.7. The van der Waals surface area contributed by atoms with E-state index in [0.717, 1.165) is 0 Å². The van der Waals surface area contributed by atoms with Crippen LogP contribution in [0.1, 0.15) is 16.2 Å². The predicted molar refractivity (Wildman–Crippen MR) is 71.1 cm³/mol. The number of carbonyl (C=O) groups is 1. The van der Waals surface area contributed by atoms with Crippen LogP contribution < -0.4 is 5.32 Å².